The lowest BCUT2D eigenvalue weighted by molar-refractivity contribution is -0.129. The van der Waals surface area contributed by atoms with Crippen LogP contribution in [0.5, 0.6) is 11.5 Å². The van der Waals surface area contributed by atoms with Crippen molar-refractivity contribution in [2.45, 2.75) is 33.1 Å². The first-order valence-electron chi connectivity index (χ1n) is 8.47. The van der Waals surface area contributed by atoms with E-state index in [0.29, 0.717) is 6.54 Å². The molecular weight excluding hydrogens is 372 g/mol. The lowest BCUT2D eigenvalue weighted by Crippen LogP contribution is -2.35. The first kappa shape index (κ1) is 21.1. The maximum atomic E-state index is 12.4. The molecule has 0 unspecified atom stereocenters. The van der Waals surface area contributed by atoms with Gasteiger partial charge in [-0.05, 0) is 37.6 Å². The zero-order chi connectivity index (χ0) is 20.7. The fourth-order valence-corrected chi connectivity index (χ4v) is 2.31. The van der Waals surface area contributed by atoms with Gasteiger partial charge in [-0.2, -0.15) is 8.78 Å². The minimum absolute atomic E-state index is 0.0386. The molecule has 0 spiro atoms. The molecule has 2 aromatic carbocycles. The highest BCUT2D eigenvalue weighted by Gasteiger charge is 2.20. The zero-order valence-corrected chi connectivity index (χ0v) is 15.7. The molecule has 0 aromatic heterocycles. The Morgan fingerprint density at radius 2 is 1.75 bits per heavy atom. The van der Waals surface area contributed by atoms with Gasteiger partial charge >= 0.3 is 12.6 Å². The van der Waals surface area contributed by atoms with Crippen LogP contribution in [0.25, 0.3) is 0 Å². The Balaban J connectivity index is 1.95. The van der Waals surface area contributed by atoms with Gasteiger partial charge in [0.25, 0.3) is 5.91 Å². The van der Waals surface area contributed by atoms with Crippen molar-refractivity contribution >= 4 is 11.9 Å². The van der Waals surface area contributed by atoms with E-state index >= 15 is 0 Å². The van der Waals surface area contributed by atoms with Crippen molar-refractivity contribution in [3.8, 4) is 11.5 Å². The van der Waals surface area contributed by atoms with E-state index in [1.54, 1.807) is 0 Å². The van der Waals surface area contributed by atoms with E-state index in [1.807, 2.05) is 31.2 Å². The van der Waals surface area contributed by atoms with Crippen LogP contribution in [0.1, 0.15) is 28.4 Å². The number of rotatable bonds is 8. The number of ether oxygens (including phenoxy) is 3. The summed E-state index contributed by atoms with van der Waals surface area (Å²) in [6.07, 6.45) is -1.04. The second-order valence-electron chi connectivity index (χ2n) is 6.00. The predicted octanol–water partition coefficient (Wildman–Crippen LogP) is 3.47. The molecule has 0 aliphatic heterocycles. The van der Waals surface area contributed by atoms with E-state index in [4.69, 9.17) is 9.47 Å². The molecule has 1 N–H and O–H groups in total. The number of esters is 1. The standard InChI is InChI=1S/C20H21F2NO5/c1-12-4-6-14(7-5-12)11-23-18(24)13(2)27-19(25)15-8-9-16(28-20(21)22)17(10-15)26-3/h4-10,13,20H,11H2,1-3H3,(H,23,24)/t13-/m0/s1. The number of hydrogen-bond acceptors (Lipinski definition) is 5. The lowest BCUT2D eigenvalue weighted by Gasteiger charge is -2.15. The number of aryl methyl sites for hydroxylation is 1. The van der Waals surface area contributed by atoms with Gasteiger partial charge in [0.1, 0.15) is 0 Å². The third-order valence-electron chi connectivity index (χ3n) is 3.86. The van der Waals surface area contributed by atoms with Crippen LogP contribution in [0.2, 0.25) is 0 Å². The Morgan fingerprint density at radius 1 is 1.07 bits per heavy atom. The molecule has 2 rings (SSSR count). The van der Waals surface area contributed by atoms with Crippen molar-refractivity contribution in [2.75, 3.05) is 7.11 Å². The first-order valence-corrected chi connectivity index (χ1v) is 8.47. The number of carbonyl (C=O) groups excluding carboxylic acids is 2. The first-order chi connectivity index (χ1) is 13.3. The molecule has 150 valence electrons. The molecule has 0 aliphatic carbocycles. The molecule has 8 heteroatoms. The number of nitrogens with one attached hydrogen (secondary N) is 1. The lowest BCUT2D eigenvalue weighted by atomic mass is 10.1. The maximum absolute atomic E-state index is 12.4. The summed E-state index contributed by atoms with van der Waals surface area (Å²) in [5.74, 6) is -1.51. The van der Waals surface area contributed by atoms with Gasteiger partial charge < -0.3 is 19.5 Å². The summed E-state index contributed by atoms with van der Waals surface area (Å²) in [4.78, 5) is 24.4. The summed E-state index contributed by atoms with van der Waals surface area (Å²) in [6.45, 7) is 0.678. The average Bonchev–Trinajstić information content (AvgIpc) is 2.67. The van der Waals surface area contributed by atoms with Crippen molar-refractivity contribution in [2.24, 2.45) is 0 Å². The summed E-state index contributed by atoms with van der Waals surface area (Å²) < 4.78 is 39.1. The highest BCUT2D eigenvalue weighted by Crippen LogP contribution is 2.29. The third-order valence-corrected chi connectivity index (χ3v) is 3.86. The summed E-state index contributed by atoms with van der Waals surface area (Å²) in [5, 5.41) is 2.68. The second-order valence-corrected chi connectivity index (χ2v) is 6.00. The molecule has 28 heavy (non-hydrogen) atoms. The molecule has 1 amide bonds. The third kappa shape index (κ3) is 5.94. The average molecular weight is 393 g/mol. The number of halogens is 2. The summed E-state index contributed by atoms with van der Waals surface area (Å²) >= 11 is 0. The predicted molar refractivity (Wildman–Crippen MR) is 97.5 cm³/mol. The van der Waals surface area contributed by atoms with E-state index in [9.17, 15) is 18.4 Å². The van der Waals surface area contributed by atoms with Crippen LogP contribution < -0.4 is 14.8 Å². The molecule has 0 bridgehead atoms. The van der Waals surface area contributed by atoms with Crippen molar-refractivity contribution in [1.29, 1.82) is 0 Å². The van der Waals surface area contributed by atoms with Gasteiger partial charge in [0.05, 0.1) is 12.7 Å². The van der Waals surface area contributed by atoms with E-state index in [1.165, 1.54) is 32.2 Å². The van der Waals surface area contributed by atoms with Gasteiger partial charge in [-0.3, -0.25) is 4.79 Å². The molecule has 6 nitrogen and oxygen atoms in total. The van der Waals surface area contributed by atoms with E-state index in [-0.39, 0.29) is 17.1 Å². The van der Waals surface area contributed by atoms with Gasteiger partial charge in [-0.25, -0.2) is 4.79 Å². The van der Waals surface area contributed by atoms with Gasteiger partial charge in [0.2, 0.25) is 0 Å². The van der Waals surface area contributed by atoms with Gasteiger partial charge in [-0.1, -0.05) is 29.8 Å². The van der Waals surface area contributed by atoms with Gasteiger partial charge in [0.15, 0.2) is 17.6 Å². The van der Waals surface area contributed by atoms with Crippen LogP contribution in [0.15, 0.2) is 42.5 Å². The van der Waals surface area contributed by atoms with E-state index in [2.05, 4.69) is 10.1 Å². The quantitative estimate of drug-likeness (QED) is 0.696. The van der Waals surface area contributed by atoms with Crippen LogP contribution in [0.4, 0.5) is 8.78 Å². The monoisotopic (exact) mass is 393 g/mol. The summed E-state index contributed by atoms with van der Waals surface area (Å²) in [5.41, 5.74) is 2.06. The number of benzene rings is 2. The van der Waals surface area contributed by atoms with Crippen LogP contribution >= 0.6 is 0 Å². The Bertz CT molecular complexity index is 824. The van der Waals surface area contributed by atoms with Crippen molar-refractivity contribution in [1.82, 2.24) is 5.32 Å². The fourth-order valence-electron chi connectivity index (χ4n) is 2.31. The molecule has 0 saturated carbocycles. The van der Waals surface area contributed by atoms with Crippen molar-refractivity contribution in [3.05, 3.63) is 59.2 Å². The molecular formula is C20H21F2NO5. The van der Waals surface area contributed by atoms with Crippen LogP contribution in [0.3, 0.4) is 0 Å². The zero-order valence-electron chi connectivity index (χ0n) is 15.7. The number of carbonyl (C=O) groups is 2. The maximum Gasteiger partial charge on any atom is 0.387 e. The molecule has 0 fully saturated rings. The van der Waals surface area contributed by atoms with Crippen LogP contribution in [0, 0.1) is 6.92 Å². The highest BCUT2D eigenvalue weighted by molar-refractivity contribution is 5.92. The van der Waals surface area contributed by atoms with Crippen molar-refractivity contribution < 1.29 is 32.6 Å². The van der Waals surface area contributed by atoms with Crippen molar-refractivity contribution in [3.63, 3.8) is 0 Å². The SMILES string of the molecule is COc1cc(C(=O)O[C@@H](C)C(=O)NCc2ccc(C)cc2)ccc1OC(F)F. The number of amides is 1. The largest absolute Gasteiger partial charge is 0.493 e. The smallest absolute Gasteiger partial charge is 0.387 e. The Hall–Kier alpha value is -3.16. The fraction of sp³-hybridized carbons (Fsp3) is 0.300. The van der Waals surface area contributed by atoms with Crippen LogP contribution in [-0.4, -0.2) is 31.7 Å². The van der Waals surface area contributed by atoms with E-state index < -0.39 is 24.6 Å². The molecule has 0 heterocycles. The number of hydrogen-bond donors (Lipinski definition) is 1. The molecule has 0 saturated heterocycles. The van der Waals surface area contributed by atoms with Gasteiger partial charge in [0, 0.05) is 6.54 Å². The van der Waals surface area contributed by atoms with Crippen LogP contribution in [-0.2, 0) is 16.1 Å². The second kappa shape index (κ2) is 9.68. The summed E-state index contributed by atoms with van der Waals surface area (Å²) in [7, 11) is 1.25. The molecule has 2 aromatic rings. The summed E-state index contributed by atoms with van der Waals surface area (Å²) in [6, 6.07) is 11.3. The number of alkyl halides is 2. The molecule has 1 atom stereocenters. The Kier molecular flexibility index (Phi) is 7.31. The highest BCUT2D eigenvalue weighted by atomic mass is 19.3. The molecule has 0 radical (unpaired) electrons. The minimum atomic E-state index is -3.02. The van der Waals surface area contributed by atoms with Gasteiger partial charge in [-0.15, -0.1) is 0 Å². The normalized spacial score (nSPS) is 11.6. The Labute approximate surface area is 161 Å². The molecule has 0 aliphatic rings. The minimum Gasteiger partial charge on any atom is -0.493 e. The number of methoxy groups -OCH3 is 1. The Morgan fingerprint density at radius 3 is 2.36 bits per heavy atom. The topological polar surface area (TPSA) is 73.9 Å². The van der Waals surface area contributed by atoms with E-state index in [0.717, 1.165) is 11.1 Å².